The van der Waals surface area contributed by atoms with Gasteiger partial charge in [0.1, 0.15) is 5.52 Å². The van der Waals surface area contributed by atoms with Crippen LogP contribution in [0.3, 0.4) is 0 Å². The van der Waals surface area contributed by atoms with Crippen molar-refractivity contribution in [3.05, 3.63) is 24.1 Å². The summed E-state index contributed by atoms with van der Waals surface area (Å²) in [6.07, 6.45) is 0. The highest BCUT2D eigenvalue weighted by molar-refractivity contribution is 5.91. The summed E-state index contributed by atoms with van der Waals surface area (Å²) in [6, 6.07) is 5.42. The summed E-state index contributed by atoms with van der Waals surface area (Å²) in [7, 11) is 0. The van der Waals surface area contributed by atoms with E-state index in [2.05, 4.69) is 31.1 Å². The number of rotatable bonds is 3. The number of hydrogen-bond donors (Lipinski definition) is 1. The van der Waals surface area contributed by atoms with E-state index in [-0.39, 0.29) is 11.4 Å². The van der Waals surface area contributed by atoms with Crippen LogP contribution < -0.4 is 5.32 Å². The lowest BCUT2D eigenvalue weighted by atomic mass is 9.97. The Kier molecular flexibility index (Phi) is 4.21. The number of carbonyl (C=O) groups excluding carboxylic acids is 1. The molecule has 2 rings (SSSR count). The number of urea groups is 1. The fourth-order valence-electron chi connectivity index (χ4n) is 2.04. The predicted molar refractivity (Wildman–Crippen MR) is 84.6 cm³/mol. The lowest BCUT2D eigenvalue weighted by Crippen LogP contribution is -2.34. The molecule has 1 aromatic heterocycles. The van der Waals surface area contributed by atoms with Crippen molar-refractivity contribution < 1.29 is 9.21 Å². The molecule has 5 heteroatoms. The SMILES string of the molecule is CCN(CC)C(=O)Nc1ccc2oc(C(C)(C)C)nc2c1. The standard InChI is InChI=1S/C16H23N3O2/c1-6-19(7-2)15(20)17-11-8-9-13-12(10-11)18-14(21-13)16(3,4)5/h8-10H,6-7H2,1-5H3,(H,17,20). The molecule has 0 spiro atoms. The molecule has 114 valence electrons. The first-order chi connectivity index (χ1) is 9.85. The minimum absolute atomic E-state index is 0.0983. The molecule has 0 aliphatic heterocycles. The Labute approximate surface area is 125 Å². The Bertz CT molecular complexity index is 636. The monoisotopic (exact) mass is 289 g/mol. The molecular weight excluding hydrogens is 266 g/mol. The number of carbonyl (C=O) groups is 1. The summed E-state index contributed by atoms with van der Waals surface area (Å²) < 4.78 is 5.75. The van der Waals surface area contributed by atoms with Crippen LogP contribution in [0.5, 0.6) is 0 Å². The van der Waals surface area contributed by atoms with Gasteiger partial charge in [-0.3, -0.25) is 0 Å². The number of fused-ring (bicyclic) bond motifs is 1. The van der Waals surface area contributed by atoms with E-state index in [9.17, 15) is 4.79 Å². The van der Waals surface area contributed by atoms with Gasteiger partial charge >= 0.3 is 6.03 Å². The second-order valence-electron chi connectivity index (χ2n) is 6.05. The molecule has 0 radical (unpaired) electrons. The zero-order valence-corrected chi connectivity index (χ0v) is 13.4. The molecule has 2 aromatic rings. The first kappa shape index (κ1) is 15.4. The van der Waals surface area contributed by atoms with E-state index in [0.717, 1.165) is 16.8 Å². The highest BCUT2D eigenvalue weighted by Gasteiger charge is 2.21. The van der Waals surface area contributed by atoms with Crippen LogP contribution in [0.1, 0.15) is 40.5 Å². The lowest BCUT2D eigenvalue weighted by Gasteiger charge is -2.19. The van der Waals surface area contributed by atoms with Crippen LogP contribution in [0.15, 0.2) is 22.6 Å². The van der Waals surface area contributed by atoms with E-state index in [1.165, 1.54) is 0 Å². The number of benzene rings is 1. The fourth-order valence-corrected chi connectivity index (χ4v) is 2.04. The summed E-state index contributed by atoms with van der Waals surface area (Å²) in [4.78, 5) is 18.3. The van der Waals surface area contributed by atoms with Crippen molar-refractivity contribution in [2.75, 3.05) is 18.4 Å². The maximum atomic E-state index is 12.0. The number of oxazole rings is 1. The van der Waals surface area contributed by atoms with Crippen LogP contribution in [-0.4, -0.2) is 29.0 Å². The number of hydrogen-bond acceptors (Lipinski definition) is 3. The molecule has 0 aliphatic rings. The molecule has 1 aromatic carbocycles. The van der Waals surface area contributed by atoms with Gasteiger partial charge < -0.3 is 14.6 Å². The molecule has 0 aliphatic carbocycles. The number of anilines is 1. The first-order valence-electron chi connectivity index (χ1n) is 7.32. The fraction of sp³-hybridized carbons (Fsp3) is 0.500. The van der Waals surface area contributed by atoms with Crippen molar-refractivity contribution in [3.8, 4) is 0 Å². The van der Waals surface area contributed by atoms with E-state index >= 15 is 0 Å². The van der Waals surface area contributed by atoms with Crippen molar-refractivity contribution in [2.24, 2.45) is 0 Å². The molecular formula is C16H23N3O2. The minimum Gasteiger partial charge on any atom is -0.440 e. The van der Waals surface area contributed by atoms with E-state index in [4.69, 9.17) is 4.42 Å². The number of aromatic nitrogens is 1. The number of amides is 2. The van der Waals surface area contributed by atoms with E-state index < -0.39 is 0 Å². The van der Waals surface area contributed by atoms with E-state index in [1.807, 2.05) is 32.0 Å². The molecule has 0 saturated carbocycles. The van der Waals surface area contributed by atoms with Crippen LogP contribution >= 0.6 is 0 Å². The van der Waals surface area contributed by atoms with Gasteiger partial charge in [-0.2, -0.15) is 0 Å². The van der Waals surface area contributed by atoms with Crippen LogP contribution in [-0.2, 0) is 5.41 Å². The number of nitrogens with zero attached hydrogens (tertiary/aromatic N) is 2. The highest BCUT2D eigenvalue weighted by atomic mass is 16.3. The molecule has 0 saturated heterocycles. The van der Waals surface area contributed by atoms with Crippen LogP contribution in [0, 0.1) is 0 Å². The quantitative estimate of drug-likeness (QED) is 0.929. The topological polar surface area (TPSA) is 58.4 Å². The Hall–Kier alpha value is -2.04. The van der Waals surface area contributed by atoms with Gasteiger partial charge in [-0.05, 0) is 32.0 Å². The van der Waals surface area contributed by atoms with Crippen molar-refractivity contribution >= 4 is 22.8 Å². The van der Waals surface area contributed by atoms with Crippen molar-refractivity contribution in [3.63, 3.8) is 0 Å². The Morgan fingerprint density at radius 3 is 2.52 bits per heavy atom. The molecule has 5 nitrogen and oxygen atoms in total. The second-order valence-corrected chi connectivity index (χ2v) is 6.05. The van der Waals surface area contributed by atoms with E-state index in [0.29, 0.717) is 19.0 Å². The lowest BCUT2D eigenvalue weighted by molar-refractivity contribution is 0.217. The number of nitrogens with one attached hydrogen (secondary N) is 1. The molecule has 1 N–H and O–H groups in total. The largest absolute Gasteiger partial charge is 0.440 e. The average molecular weight is 289 g/mol. The van der Waals surface area contributed by atoms with Crippen LogP contribution in [0.4, 0.5) is 10.5 Å². The summed E-state index contributed by atoms with van der Waals surface area (Å²) >= 11 is 0. The van der Waals surface area contributed by atoms with Crippen LogP contribution in [0.2, 0.25) is 0 Å². The van der Waals surface area contributed by atoms with Gasteiger partial charge in [0.25, 0.3) is 0 Å². The Morgan fingerprint density at radius 2 is 1.95 bits per heavy atom. The molecule has 2 amide bonds. The summed E-state index contributed by atoms with van der Waals surface area (Å²) in [5.74, 6) is 0.699. The molecule has 0 unspecified atom stereocenters. The van der Waals surface area contributed by atoms with Gasteiger partial charge in [0.15, 0.2) is 5.58 Å². The third-order valence-electron chi connectivity index (χ3n) is 3.33. The summed E-state index contributed by atoms with van der Waals surface area (Å²) in [5.41, 5.74) is 2.09. The van der Waals surface area contributed by atoms with Crippen LogP contribution in [0.25, 0.3) is 11.1 Å². The Balaban J connectivity index is 2.25. The minimum atomic E-state index is -0.135. The molecule has 0 bridgehead atoms. The van der Waals surface area contributed by atoms with Gasteiger partial charge in [0.2, 0.25) is 5.89 Å². The Morgan fingerprint density at radius 1 is 1.29 bits per heavy atom. The summed E-state index contributed by atoms with van der Waals surface area (Å²) in [6.45, 7) is 11.5. The predicted octanol–water partition coefficient (Wildman–Crippen LogP) is 4.00. The molecule has 1 heterocycles. The van der Waals surface area contributed by atoms with E-state index in [1.54, 1.807) is 4.90 Å². The molecule has 0 atom stereocenters. The second kappa shape index (κ2) is 5.76. The summed E-state index contributed by atoms with van der Waals surface area (Å²) in [5, 5.41) is 2.89. The average Bonchev–Trinajstić information content (AvgIpc) is 2.83. The third kappa shape index (κ3) is 3.35. The van der Waals surface area contributed by atoms with Gasteiger partial charge in [-0.1, -0.05) is 20.8 Å². The van der Waals surface area contributed by atoms with Crippen molar-refractivity contribution in [2.45, 2.75) is 40.0 Å². The molecule has 21 heavy (non-hydrogen) atoms. The maximum Gasteiger partial charge on any atom is 0.321 e. The van der Waals surface area contributed by atoms with Gasteiger partial charge in [-0.25, -0.2) is 9.78 Å². The smallest absolute Gasteiger partial charge is 0.321 e. The third-order valence-corrected chi connectivity index (χ3v) is 3.33. The van der Waals surface area contributed by atoms with Crippen molar-refractivity contribution in [1.82, 2.24) is 9.88 Å². The van der Waals surface area contributed by atoms with Gasteiger partial charge in [-0.15, -0.1) is 0 Å². The highest BCUT2D eigenvalue weighted by Crippen LogP contribution is 2.27. The van der Waals surface area contributed by atoms with Gasteiger partial charge in [0, 0.05) is 24.2 Å². The zero-order chi connectivity index (χ0) is 15.6. The van der Waals surface area contributed by atoms with Gasteiger partial charge in [0.05, 0.1) is 0 Å². The van der Waals surface area contributed by atoms with Crippen molar-refractivity contribution in [1.29, 1.82) is 0 Å². The maximum absolute atomic E-state index is 12.0. The zero-order valence-electron chi connectivity index (χ0n) is 13.4. The first-order valence-corrected chi connectivity index (χ1v) is 7.32. The normalized spacial score (nSPS) is 11.7. The molecule has 0 fully saturated rings.